The van der Waals surface area contributed by atoms with Gasteiger partial charge in [-0.15, -0.1) is 11.3 Å². The summed E-state index contributed by atoms with van der Waals surface area (Å²) in [6.45, 7) is 6.75. The summed E-state index contributed by atoms with van der Waals surface area (Å²) in [7, 11) is -3.45. The van der Waals surface area contributed by atoms with E-state index in [1.807, 2.05) is 0 Å². The third kappa shape index (κ3) is 5.38. The van der Waals surface area contributed by atoms with Crippen molar-refractivity contribution >= 4 is 33.1 Å². The third-order valence-corrected chi connectivity index (χ3v) is 5.90. The standard InChI is InChI=1S/C13H20N2O5S2/c1-7(2)5-22(19,20)6-10(16)14-9(4)12-15-8(3)11(21-12)13(17)18/h7,9H,5-6H2,1-4H3,(H,14,16)(H,17,18). The van der Waals surface area contributed by atoms with Gasteiger partial charge in [-0.3, -0.25) is 4.79 Å². The Bertz CT molecular complexity index is 664. The summed E-state index contributed by atoms with van der Waals surface area (Å²) in [6, 6.07) is -0.543. The Morgan fingerprint density at radius 3 is 2.36 bits per heavy atom. The van der Waals surface area contributed by atoms with Gasteiger partial charge in [-0.1, -0.05) is 13.8 Å². The number of nitrogens with zero attached hydrogens (tertiary/aromatic N) is 1. The molecule has 9 heteroatoms. The summed E-state index contributed by atoms with van der Waals surface area (Å²) >= 11 is 0.972. The normalized spacial score (nSPS) is 13.1. The molecule has 2 N–H and O–H groups in total. The third-order valence-electron chi connectivity index (χ3n) is 2.69. The van der Waals surface area contributed by atoms with Crippen LogP contribution in [-0.2, 0) is 14.6 Å². The Labute approximate surface area is 133 Å². The molecular formula is C13H20N2O5S2. The van der Waals surface area contributed by atoms with Crippen LogP contribution in [0.3, 0.4) is 0 Å². The van der Waals surface area contributed by atoms with Crippen LogP contribution in [0.4, 0.5) is 0 Å². The number of carbonyl (C=O) groups is 2. The molecule has 1 atom stereocenters. The average molecular weight is 348 g/mol. The van der Waals surface area contributed by atoms with Gasteiger partial charge in [-0.05, 0) is 19.8 Å². The second-order valence-corrected chi connectivity index (χ2v) is 8.65. The van der Waals surface area contributed by atoms with E-state index in [-0.39, 0.29) is 16.5 Å². The Morgan fingerprint density at radius 2 is 1.91 bits per heavy atom. The molecule has 0 saturated carbocycles. The number of aromatic carboxylic acids is 1. The Kier molecular flexibility index (Phi) is 6.07. The number of sulfone groups is 1. The molecule has 0 aliphatic carbocycles. The van der Waals surface area contributed by atoms with Gasteiger partial charge in [0, 0.05) is 0 Å². The first-order chi connectivity index (χ1) is 10.0. The highest BCUT2D eigenvalue weighted by atomic mass is 32.2. The minimum absolute atomic E-state index is 0.0463. The van der Waals surface area contributed by atoms with Crippen LogP contribution in [0, 0.1) is 12.8 Å². The van der Waals surface area contributed by atoms with Crippen LogP contribution >= 0.6 is 11.3 Å². The molecule has 124 valence electrons. The first-order valence-corrected chi connectivity index (χ1v) is 9.36. The van der Waals surface area contributed by atoms with Crippen LogP contribution in [0.15, 0.2) is 0 Å². The van der Waals surface area contributed by atoms with Crippen LogP contribution in [0.2, 0.25) is 0 Å². The van der Waals surface area contributed by atoms with Gasteiger partial charge >= 0.3 is 5.97 Å². The number of carboxylic acid groups (broad SMARTS) is 1. The predicted octanol–water partition coefficient (Wildman–Crippen LogP) is 1.40. The second-order valence-electron chi connectivity index (χ2n) is 5.51. The molecule has 7 nitrogen and oxygen atoms in total. The maximum absolute atomic E-state index is 11.8. The molecule has 1 aromatic rings. The number of rotatable bonds is 7. The molecule has 1 rings (SSSR count). The van der Waals surface area contributed by atoms with Crippen LogP contribution in [0.1, 0.15) is 47.2 Å². The number of amides is 1. The van der Waals surface area contributed by atoms with Gasteiger partial charge in [0.15, 0.2) is 9.84 Å². The molecule has 1 heterocycles. The molecule has 1 amide bonds. The van der Waals surface area contributed by atoms with Crippen molar-refractivity contribution in [2.45, 2.75) is 33.7 Å². The van der Waals surface area contributed by atoms with Crippen molar-refractivity contribution in [1.29, 1.82) is 0 Å². The first kappa shape index (κ1) is 18.6. The number of carbonyl (C=O) groups excluding carboxylic acids is 1. The average Bonchev–Trinajstić information content (AvgIpc) is 2.68. The molecule has 1 aromatic heterocycles. The Balaban J connectivity index is 2.72. The van der Waals surface area contributed by atoms with Crippen molar-refractivity contribution in [1.82, 2.24) is 10.3 Å². The van der Waals surface area contributed by atoms with E-state index in [0.29, 0.717) is 10.7 Å². The lowest BCUT2D eigenvalue weighted by Crippen LogP contribution is -2.33. The highest BCUT2D eigenvalue weighted by molar-refractivity contribution is 7.92. The van der Waals surface area contributed by atoms with Crippen LogP contribution < -0.4 is 5.32 Å². The van der Waals surface area contributed by atoms with Gasteiger partial charge < -0.3 is 10.4 Å². The zero-order valence-corrected chi connectivity index (χ0v) is 14.5. The van der Waals surface area contributed by atoms with E-state index in [4.69, 9.17) is 5.11 Å². The van der Waals surface area contributed by atoms with E-state index in [0.717, 1.165) is 11.3 Å². The lowest BCUT2D eigenvalue weighted by Gasteiger charge is -2.12. The predicted molar refractivity (Wildman–Crippen MR) is 83.9 cm³/mol. The van der Waals surface area contributed by atoms with Crippen molar-refractivity contribution in [3.8, 4) is 0 Å². The molecule has 22 heavy (non-hydrogen) atoms. The zero-order valence-electron chi connectivity index (χ0n) is 12.9. The molecular weight excluding hydrogens is 328 g/mol. The lowest BCUT2D eigenvalue weighted by molar-refractivity contribution is -0.119. The summed E-state index contributed by atoms with van der Waals surface area (Å²) in [5.41, 5.74) is 0.376. The largest absolute Gasteiger partial charge is 0.477 e. The van der Waals surface area contributed by atoms with Crippen molar-refractivity contribution < 1.29 is 23.1 Å². The van der Waals surface area contributed by atoms with Gasteiger partial charge in [-0.25, -0.2) is 18.2 Å². The summed E-state index contributed by atoms with van der Waals surface area (Å²) in [5.74, 6) is -2.35. The summed E-state index contributed by atoms with van der Waals surface area (Å²) in [6.07, 6.45) is 0. The summed E-state index contributed by atoms with van der Waals surface area (Å²) < 4.78 is 23.5. The van der Waals surface area contributed by atoms with Crippen LogP contribution in [0.25, 0.3) is 0 Å². The van der Waals surface area contributed by atoms with Crippen molar-refractivity contribution in [3.63, 3.8) is 0 Å². The second kappa shape index (κ2) is 7.19. The first-order valence-electron chi connectivity index (χ1n) is 6.72. The van der Waals surface area contributed by atoms with Gasteiger partial charge in [0.05, 0.1) is 17.5 Å². The van der Waals surface area contributed by atoms with E-state index in [2.05, 4.69) is 10.3 Å². The number of thiazole rings is 1. The molecule has 0 fully saturated rings. The number of nitrogens with one attached hydrogen (secondary N) is 1. The number of hydrogen-bond acceptors (Lipinski definition) is 6. The number of aryl methyl sites for hydroxylation is 1. The number of hydrogen-bond donors (Lipinski definition) is 2. The summed E-state index contributed by atoms with van der Waals surface area (Å²) in [5, 5.41) is 12.0. The monoisotopic (exact) mass is 348 g/mol. The van der Waals surface area contributed by atoms with E-state index in [9.17, 15) is 18.0 Å². The zero-order chi connectivity index (χ0) is 17.1. The van der Waals surface area contributed by atoms with E-state index >= 15 is 0 Å². The fourth-order valence-corrected chi connectivity index (χ4v) is 4.44. The van der Waals surface area contributed by atoms with Crippen molar-refractivity contribution in [3.05, 3.63) is 15.6 Å². The SMILES string of the molecule is Cc1nc(C(C)NC(=O)CS(=O)(=O)CC(C)C)sc1C(=O)O. The summed E-state index contributed by atoms with van der Waals surface area (Å²) in [4.78, 5) is 27.0. The molecule has 0 saturated heterocycles. The highest BCUT2D eigenvalue weighted by Crippen LogP contribution is 2.23. The number of aromatic nitrogens is 1. The fourth-order valence-electron chi connectivity index (χ4n) is 1.91. The van der Waals surface area contributed by atoms with Crippen molar-refractivity contribution in [2.24, 2.45) is 5.92 Å². The van der Waals surface area contributed by atoms with Crippen LogP contribution in [0.5, 0.6) is 0 Å². The van der Waals surface area contributed by atoms with Crippen LogP contribution in [-0.4, -0.2) is 41.9 Å². The smallest absolute Gasteiger partial charge is 0.347 e. The molecule has 1 unspecified atom stereocenters. The van der Waals surface area contributed by atoms with E-state index in [1.54, 1.807) is 27.7 Å². The lowest BCUT2D eigenvalue weighted by atomic mass is 10.3. The van der Waals surface area contributed by atoms with Gasteiger partial charge in [0.25, 0.3) is 0 Å². The number of carboxylic acids is 1. The molecule has 0 aliphatic rings. The van der Waals surface area contributed by atoms with Gasteiger partial charge in [-0.2, -0.15) is 0 Å². The molecule has 0 bridgehead atoms. The molecule has 0 radical (unpaired) electrons. The molecule has 0 aliphatic heterocycles. The topological polar surface area (TPSA) is 113 Å². The molecule has 0 spiro atoms. The Morgan fingerprint density at radius 1 is 1.32 bits per heavy atom. The van der Waals surface area contributed by atoms with Crippen molar-refractivity contribution in [2.75, 3.05) is 11.5 Å². The Hall–Kier alpha value is -1.48. The van der Waals surface area contributed by atoms with Gasteiger partial charge in [0.2, 0.25) is 5.91 Å². The molecule has 0 aromatic carbocycles. The van der Waals surface area contributed by atoms with E-state index < -0.39 is 33.5 Å². The van der Waals surface area contributed by atoms with Gasteiger partial charge in [0.1, 0.15) is 15.6 Å². The fraction of sp³-hybridized carbons (Fsp3) is 0.615. The van der Waals surface area contributed by atoms with E-state index in [1.165, 1.54) is 0 Å². The quantitative estimate of drug-likeness (QED) is 0.770. The highest BCUT2D eigenvalue weighted by Gasteiger charge is 2.22. The minimum Gasteiger partial charge on any atom is -0.477 e. The maximum atomic E-state index is 11.8. The maximum Gasteiger partial charge on any atom is 0.347 e. The minimum atomic E-state index is -3.45.